The molecular formula is C26H31BrN4O. The number of benzene rings is 2. The van der Waals surface area contributed by atoms with Crippen LogP contribution < -0.4 is 15.5 Å². The van der Waals surface area contributed by atoms with E-state index in [0.717, 1.165) is 53.6 Å². The van der Waals surface area contributed by atoms with Gasteiger partial charge in [0.25, 0.3) is 0 Å². The monoisotopic (exact) mass is 494 g/mol. The second-order valence-electron chi connectivity index (χ2n) is 8.87. The summed E-state index contributed by atoms with van der Waals surface area (Å²) in [5.74, 6) is 1.57. The lowest BCUT2D eigenvalue weighted by molar-refractivity contribution is -0.120. The summed E-state index contributed by atoms with van der Waals surface area (Å²) in [6.45, 7) is 0.759. The minimum absolute atomic E-state index is 0.0914. The number of nitrogens with zero attached hydrogens (tertiary/aromatic N) is 2. The van der Waals surface area contributed by atoms with Crippen LogP contribution in [0.3, 0.4) is 0 Å². The highest BCUT2D eigenvalue weighted by Gasteiger charge is 2.22. The molecule has 2 aromatic carbocycles. The Bertz CT molecular complexity index is 1080. The van der Waals surface area contributed by atoms with E-state index in [1.807, 2.05) is 30.3 Å². The number of carbonyl (C=O) groups is 1. The highest BCUT2D eigenvalue weighted by Crippen LogP contribution is 2.30. The smallest absolute Gasteiger partial charge is 0.224 e. The highest BCUT2D eigenvalue weighted by atomic mass is 79.9. The van der Waals surface area contributed by atoms with E-state index < -0.39 is 0 Å². The minimum Gasteiger partial charge on any atom is -0.377 e. The number of hydrogen-bond donors (Lipinski definition) is 2. The predicted molar refractivity (Wildman–Crippen MR) is 136 cm³/mol. The summed E-state index contributed by atoms with van der Waals surface area (Å²) in [7, 11) is 4.14. The third kappa shape index (κ3) is 5.60. The molecule has 1 heterocycles. The molecule has 1 aromatic heterocycles. The molecule has 6 heteroatoms. The van der Waals surface area contributed by atoms with Gasteiger partial charge in [0.2, 0.25) is 5.91 Å². The Balaban J connectivity index is 1.28. The van der Waals surface area contributed by atoms with Gasteiger partial charge in [-0.25, -0.2) is 4.98 Å². The fraction of sp³-hybridized carbons (Fsp3) is 0.385. The molecule has 1 fully saturated rings. The van der Waals surface area contributed by atoms with Crippen molar-refractivity contribution < 1.29 is 4.79 Å². The molecule has 0 unspecified atom stereocenters. The SMILES string of the molecule is CN(C)c1cc(NC2CCC(CNC(=O)Cc3ccccc3Br)CC2)nc2ccccc12. The van der Waals surface area contributed by atoms with Crippen molar-refractivity contribution in [3.05, 3.63) is 64.6 Å². The lowest BCUT2D eigenvalue weighted by Gasteiger charge is -2.30. The molecule has 0 bridgehead atoms. The van der Waals surface area contributed by atoms with Crippen molar-refractivity contribution in [1.82, 2.24) is 10.3 Å². The molecule has 0 atom stereocenters. The number of halogens is 1. The summed E-state index contributed by atoms with van der Waals surface area (Å²) in [6.07, 6.45) is 4.83. The zero-order valence-electron chi connectivity index (χ0n) is 18.8. The average molecular weight is 495 g/mol. The Kier molecular flexibility index (Phi) is 7.30. The van der Waals surface area contributed by atoms with Crippen LogP contribution in [0.25, 0.3) is 10.9 Å². The molecule has 4 rings (SSSR count). The number of hydrogen-bond acceptors (Lipinski definition) is 4. The van der Waals surface area contributed by atoms with Gasteiger partial charge in [-0.3, -0.25) is 4.79 Å². The van der Waals surface area contributed by atoms with Crippen molar-refractivity contribution >= 4 is 44.2 Å². The second kappa shape index (κ2) is 10.3. The van der Waals surface area contributed by atoms with E-state index in [1.165, 1.54) is 11.1 Å². The number of fused-ring (bicyclic) bond motifs is 1. The Labute approximate surface area is 198 Å². The summed E-state index contributed by atoms with van der Waals surface area (Å²) in [6, 6.07) is 18.8. The van der Waals surface area contributed by atoms with Gasteiger partial charge in [-0.1, -0.05) is 52.3 Å². The summed E-state index contributed by atoms with van der Waals surface area (Å²) in [5, 5.41) is 7.97. The highest BCUT2D eigenvalue weighted by molar-refractivity contribution is 9.10. The maximum absolute atomic E-state index is 12.4. The molecule has 2 N–H and O–H groups in total. The quantitative estimate of drug-likeness (QED) is 0.462. The molecule has 0 spiro atoms. The molecule has 1 aliphatic carbocycles. The van der Waals surface area contributed by atoms with Gasteiger partial charge in [0.1, 0.15) is 5.82 Å². The molecule has 5 nitrogen and oxygen atoms in total. The molecule has 32 heavy (non-hydrogen) atoms. The first-order chi connectivity index (χ1) is 15.5. The summed E-state index contributed by atoms with van der Waals surface area (Å²) in [5.41, 5.74) is 3.22. The van der Waals surface area contributed by atoms with Gasteiger partial charge in [0, 0.05) is 48.3 Å². The minimum atomic E-state index is 0.0914. The molecule has 0 aliphatic heterocycles. The lowest BCUT2D eigenvalue weighted by atomic mass is 9.86. The van der Waals surface area contributed by atoms with Crippen molar-refractivity contribution in [3.63, 3.8) is 0 Å². The number of nitrogens with one attached hydrogen (secondary N) is 2. The van der Waals surface area contributed by atoms with Crippen LogP contribution in [0.5, 0.6) is 0 Å². The molecule has 0 saturated heterocycles. The molecular weight excluding hydrogens is 464 g/mol. The number of para-hydroxylation sites is 1. The van der Waals surface area contributed by atoms with Crippen LogP contribution in [0.2, 0.25) is 0 Å². The van der Waals surface area contributed by atoms with E-state index >= 15 is 0 Å². The Morgan fingerprint density at radius 2 is 1.78 bits per heavy atom. The van der Waals surface area contributed by atoms with Crippen LogP contribution in [-0.4, -0.2) is 37.6 Å². The molecule has 0 radical (unpaired) electrons. The van der Waals surface area contributed by atoms with Crippen LogP contribution in [0.4, 0.5) is 11.5 Å². The summed E-state index contributed by atoms with van der Waals surface area (Å²) >= 11 is 3.52. The first kappa shape index (κ1) is 22.6. The summed E-state index contributed by atoms with van der Waals surface area (Å²) < 4.78 is 0.987. The largest absolute Gasteiger partial charge is 0.377 e. The first-order valence-electron chi connectivity index (χ1n) is 11.3. The van der Waals surface area contributed by atoms with E-state index in [1.54, 1.807) is 0 Å². The van der Waals surface area contributed by atoms with Crippen molar-refractivity contribution in [2.45, 2.75) is 38.1 Å². The van der Waals surface area contributed by atoms with E-state index in [-0.39, 0.29) is 5.91 Å². The van der Waals surface area contributed by atoms with Gasteiger partial charge in [0.15, 0.2) is 0 Å². The van der Waals surface area contributed by atoms with Crippen molar-refractivity contribution in [3.8, 4) is 0 Å². The molecule has 168 valence electrons. The second-order valence-corrected chi connectivity index (χ2v) is 9.73. The number of rotatable bonds is 7. The molecule has 1 aliphatic rings. The van der Waals surface area contributed by atoms with E-state index in [2.05, 4.69) is 69.8 Å². The van der Waals surface area contributed by atoms with E-state index in [9.17, 15) is 4.79 Å². The van der Waals surface area contributed by atoms with Gasteiger partial charge >= 0.3 is 0 Å². The Morgan fingerprint density at radius 3 is 2.53 bits per heavy atom. The number of carbonyl (C=O) groups excluding carboxylic acids is 1. The van der Waals surface area contributed by atoms with Crippen molar-refractivity contribution in [2.75, 3.05) is 30.9 Å². The van der Waals surface area contributed by atoms with E-state index in [4.69, 9.17) is 4.98 Å². The van der Waals surface area contributed by atoms with Gasteiger partial charge in [-0.05, 0) is 49.3 Å². The first-order valence-corrected chi connectivity index (χ1v) is 12.1. The zero-order valence-corrected chi connectivity index (χ0v) is 20.4. The molecule has 1 saturated carbocycles. The topological polar surface area (TPSA) is 57.3 Å². The standard InChI is InChI=1S/C26H31BrN4O/c1-31(2)24-16-25(30-23-10-6-4-8-21(23)24)29-20-13-11-18(12-14-20)17-28-26(32)15-19-7-3-5-9-22(19)27/h3-10,16,18,20H,11-15,17H2,1-2H3,(H,28,32)(H,29,30). The number of aromatic nitrogens is 1. The number of anilines is 2. The summed E-state index contributed by atoms with van der Waals surface area (Å²) in [4.78, 5) is 19.3. The zero-order chi connectivity index (χ0) is 22.5. The third-order valence-corrected chi connectivity index (χ3v) is 7.05. The van der Waals surface area contributed by atoms with E-state index in [0.29, 0.717) is 18.4 Å². The van der Waals surface area contributed by atoms with Crippen LogP contribution in [-0.2, 0) is 11.2 Å². The lowest BCUT2D eigenvalue weighted by Crippen LogP contribution is -2.34. The van der Waals surface area contributed by atoms with Crippen LogP contribution in [0, 0.1) is 5.92 Å². The molecule has 1 amide bonds. The maximum Gasteiger partial charge on any atom is 0.224 e. The van der Waals surface area contributed by atoms with Crippen LogP contribution >= 0.6 is 15.9 Å². The number of pyridine rings is 1. The van der Waals surface area contributed by atoms with Crippen LogP contribution in [0.15, 0.2) is 59.1 Å². The van der Waals surface area contributed by atoms with Crippen molar-refractivity contribution in [1.29, 1.82) is 0 Å². The van der Waals surface area contributed by atoms with Crippen molar-refractivity contribution in [2.24, 2.45) is 5.92 Å². The Hall–Kier alpha value is -2.60. The van der Waals surface area contributed by atoms with Crippen LogP contribution in [0.1, 0.15) is 31.2 Å². The fourth-order valence-corrected chi connectivity index (χ4v) is 4.88. The normalized spacial score (nSPS) is 18.3. The van der Waals surface area contributed by atoms with Gasteiger partial charge in [0.05, 0.1) is 11.9 Å². The predicted octanol–water partition coefficient (Wildman–Crippen LogP) is 5.39. The van der Waals surface area contributed by atoms with Gasteiger partial charge < -0.3 is 15.5 Å². The van der Waals surface area contributed by atoms with Gasteiger partial charge in [-0.15, -0.1) is 0 Å². The average Bonchev–Trinajstić information content (AvgIpc) is 2.79. The number of amides is 1. The van der Waals surface area contributed by atoms with Gasteiger partial charge in [-0.2, -0.15) is 0 Å². The maximum atomic E-state index is 12.4. The molecule has 3 aromatic rings. The Morgan fingerprint density at radius 1 is 1.06 bits per heavy atom. The fourth-order valence-electron chi connectivity index (χ4n) is 4.46. The third-order valence-electron chi connectivity index (χ3n) is 6.27.